The van der Waals surface area contributed by atoms with Gasteiger partial charge in [0.05, 0.1) is 34.6 Å². The first-order valence-corrected chi connectivity index (χ1v) is 13.2. The second-order valence-corrected chi connectivity index (χ2v) is 11.4. The summed E-state index contributed by atoms with van der Waals surface area (Å²) in [6.07, 6.45) is 2.13. The van der Waals surface area contributed by atoms with Crippen molar-refractivity contribution in [3.8, 4) is 22.9 Å². The Morgan fingerprint density at radius 2 is 1.95 bits per heavy atom. The number of nitriles is 1. The molecule has 2 bridgehead atoms. The Morgan fingerprint density at radius 1 is 1.17 bits per heavy atom. The van der Waals surface area contributed by atoms with Gasteiger partial charge in [0.2, 0.25) is 0 Å². The van der Waals surface area contributed by atoms with Crippen LogP contribution in [0.5, 0.6) is 5.75 Å². The highest BCUT2D eigenvalue weighted by atomic mass is 19.3. The van der Waals surface area contributed by atoms with Crippen LogP contribution in [0.15, 0.2) is 48.7 Å². The summed E-state index contributed by atoms with van der Waals surface area (Å²) in [4.78, 5) is 23.9. The van der Waals surface area contributed by atoms with Gasteiger partial charge in [-0.05, 0) is 42.8 Å². The van der Waals surface area contributed by atoms with E-state index in [1.807, 2.05) is 10.6 Å². The number of pyridine rings is 1. The third-order valence-electron chi connectivity index (χ3n) is 8.66. The molecule has 2 aromatic heterocycles. The van der Waals surface area contributed by atoms with Gasteiger partial charge in [-0.25, -0.2) is 9.37 Å². The number of fused-ring (bicyclic) bond motifs is 9. The van der Waals surface area contributed by atoms with Crippen molar-refractivity contribution in [2.45, 2.75) is 50.5 Å². The molecule has 208 valence electrons. The topological polar surface area (TPSA) is 104 Å². The fourth-order valence-electron chi connectivity index (χ4n) is 6.88. The van der Waals surface area contributed by atoms with Crippen molar-refractivity contribution in [2.24, 2.45) is 5.41 Å². The smallest absolute Gasteiger partial charge is 0.387 e. The number of benzene rings is 2. The van der Waals surface area contributed by atoms with E-state index in [-0.39, 0.29) is 36.2 Å². The van der Waals surface area contributed by atoms with Crippen LogP contribution in [0.2, 0.25) is 0 Å². The molecular weight excluding hydrogens is 535 g/mol. The van der Waals surface area contributed by atoms with E-state index in [4.69, 9.17) is 9.72 Å². The summed E-state index contributed by atoms with van der Waals surface area (Å²) in [6, 6.07) is 12.6. The van der Waals surface area contributed by atoms with Crippen LogP contribution in [-0.2, 0) is 5.60 Å². The number of alkyl halides is 2. The maximum Gasteiger partial charge on any atom is 0.387 e. The minimum atomic E-state index is -3.06. The molecule has 3 aliphatic rings. The number of hydrogen-bond acceptors (Lipinski definition) is 6. The van der Waals surface area contributed by atoms with Crippen LogP contribution in [0.3, 0.4) is 0 Å². The van der Waals surface area contributed by atoms with Crippen molar-refractivity contribution in [3.05, 3.63) is 77.1 Å². The van der Waals surface area contributed by atoms with Crippen molar-refractivity contribution < 1.29 is 27.8 Å². The molecule has 2 atom stereocenters. The van der Waals surface area contributed by atoms with Gasteiger partial charge in [-0.1, -0.05) is 12.1 Å². The number of carbonyl (C=O) groups is 1. The summed E-state index contributed by atoms with van der Waals surface area (Å²) in [5.74, 6) is -0.392. The summed E-state index contributed by atoms with van der Waals surface area (Å²) in [5, 5.41) is 20.2. The van der Waals surface area contributed by atoms with Crippen LogP contribution in [0, 0.1) is 22.6 Å². The summed E-state index contributed by atoms with van der Waals surface area (Å²) in [6.45, 7) is -1.34. The van der Waals surface area contributed by atoms with E-state index >= 15 is 4.39 Å². The quantitative estimate of drug-likeness (QED) is 0.356. The largest absolute Gasteiger partial charge is 0.434 e. The molecule has 0 saturated heterocycles. The molecule has 2 aromatic carbocycles. The molecular formula is C30H24F3N5O3. The average Bonchev–Trinajstić information content (AvgIpc) is 3.44. The molecule has 1 amide bonds. The second-order valence-electron chi connectivity index (χ2n) is 11.4. The Balaban J connectivity index is 1.33. The number of imidazole rings is 1. The minimum Gasteiger partial charge on any atom is -0.434 e. The van der Waals surface area contributed by atoms with Crippen LogP contribution in [-0.4, -0.2) is 44.1 Å². The first kappa shape index (κ1) is 25.5. The summed E-state index contributed by atoms with van der Waals surface area (Å²) in [7, 11) is 1.67. The van der Waals surface area contributed by atoms with Gasteiger partial charge < -0.3 is 19.3 Å². The number of nitrogens with zero attached hydrogens (tertiary/aromatic N) is 5. The summed E-state index contributed by atoms with van der Waals surface area (Å²) < 4.78 is 48.8. The van der Waals surface area contributed by atoms with Crippen LogP contribution in [0.1, 0.15) is 65.7 Å². The maximum absolute atomic E-state index is 15.3. The lowest BCUT2D eigenvalue weighted by atomic mass is 9.59. The molecule has 41 heavy (non-hydrogen) atoms. The van der Waals surface area contributed by atoms with Gasteiger partial charge in [-0.2, -0.15) is 14.0 Å². The molecule has 4 aromatic rings. The van der Waals surface area contributed by atoms with Crippen LogP contribution in [0.25, 0.3) is 22.2 Å². The van der Waals surface area contributed by atoms with Gasteiger partial charge in [0.25, 0.3) is 5.91 Å². The van der Waals surface area contributed by atoms with Crippen LogP contribution >= 0.6 is 0 Å². The van der Waals surface area contributed by atoms with Crippen molar-refractivity contribution in [1.29, 1.82) is 5.26 Å². The molecule has 0 spiro atoms. The van der Waals surface area contributed by atoms with E-state index in [0.29, 0.717) is 45.5 Å². The van der Waals surface area contributed by atoms with Crippen molar-refractivity contribution in [3.63, 3.8) is 0 Å². The molecule has 1 N–H and O–H groups in total. The van der Waals surface area contributed by atoms with Gasteiger partial charge in [-0.15, -0.1) is 0 Å². The van der Waals surface area contributed by atoms with E-state index in [0.717, 1.165) is 0 Å². The summed E-state index contributed by atoms with van der Waals surface area (Å²) >= 11 is 0. The molecule has 11 heteroatoms. The van der Waals surface area contributed by atoms with E-state index in [9.17, 15) is 23.9 Å². The number of ether oxygens (including phenoxy) is 1. The Morgan fingerprint density at radius 3 is 2.66 bits per heavy atom. The van der Waals surface area contributed by atoms with Crippen molar-refractivity contribution in [1.82, 2.24) is 19.4 Å². The predicted molar refractivity (Wildman–Crippen MR) is 140 cm³/mol. The lowest BCUT2D eigenvalue weighted by molar-refractivity contribution is -0.108. The first-order valence-electron chi connectivity index (χ1n) is 13.2. The number of rotatable bonds is 4. The third kappa shape index (κ3) is 3.67. The van der Waals surface area contributed by atoms with Crippen LogP contribution in [0.4, 0.5) is 13.2 Å². The van der Waals surface area contributed by atoms with Gasteiger partial charge in [0.1, 0.15) is 28.7 Å². The zero-order valence-corrected chi connectivity index (χ0v) is 22.1. The lowest BCUT2D eigenvalue weighted by Crippen LogP contribution is -2.48. The lowest BCUT2D eigenvalue weighted by Gasteiger charge is -2.46. The molecule has 2 aliphatic heterocycles. The minimum absolute atomic E-state index is 0.0564. The first-order chi connectivity index (χ1) is 19.5. The Kier molecular flexibility index (Phi) is 5.32. The van der Waals surface area contributed by atoms with Gasteiger partial charge >= 0.3 is 6.61 Å². The number of carbonyl (C=O) groups excluding carboxylic acids is 1. The number of aromatic nitrogens is 3. The standard InChI is InChI=1S/C30H24F3N5O3/c1-29(14-34)12-30(40,13-29)25-18(31)8-16(11-35-25)15-6-7-19-20(9-15)38-21-10-22(26(38)36-19)37(2)27(39)17-4-3-5-23(24(17)21)41-28(32)33/h3-9,11,21-22,28,40H,10,12-13H2,1-2H3/t21-,22?,29-,30+/m0/s1. The highest BCUT2D eigenvalue weighted by Gasteiger charge is 2.54. The maximum atomic E-state index is 15.3. The Labute approximate surface area is 232 Å². The zero-order valence-electron chi connectivity index (χ0n) is 22.1. The summed E-state index contributed by atoms with van der Waals surface area (Å²) in [5.41, 5.74) is 0.829. The molecule has 0 radical (unpaired) electrons. The SMILES string of the molecule is CN1C(=O)c2cccc(OC(F)F)c2[C@@H]2CC1c1nc3ccc(-c4cnc([C@]5(O)C[C@@](C)(C#N)C5)c(F)c4)cc3n12. The number of halogens is 3. The van der Waals surface area contributed by atoms with Crippen LogP contribution < -0.4 is 4.74 Å². The third-order valence-corrected chi connectivity index (χ3v) is 8.66. The molecule has 4 heterocycles. The number of amides is 1. The zero-order chi connectivity index (χ0) is 28.8. The molecule has 1 aliphatic carbocycles. The van der Waals surface area contributed by atoms with Crippen molar-refractivity contribution >= 4 is 16.9 Å². The van der Waals surface area contributed by atoms with E-state index in [1.54, 1.807) is 37.1 Å². The monoisotopic (exact) mass is 559 g/mol. The molecule has 7 rings (SSSR count). The predicted octanol–water partition coefficient (Wildman–Crippen LogP) is 5.47. The van der Waals surface area contributed by atoms with Gasteiger partial charge in [0.15, 0.2) is 0 Å². The van der Waals surface area contributed by atoms with Gasteiger partial charge in [0, 0.05) is 49.2 Å². The number of hydrogen-bond donors (Lipinski definition) is 1. The molecule has 8 nitrogen and oxygen atoms in total. The highest BCUT2D eigenvalue weighted by molar-refractivity contribution is 5.98. The van der Waals surface area contributed by atoms with E-state index in [2.05, 4.69) is 11.1 Å². The normalized spacial score (nSPS) is 26.4. The Hall–Kier alpha value is -4.43. The van der Waals surface area contributed by atoms with Crippen molar-refractivity contribution in [2.75, 3.05) is 7.05 Å². The molecule has 1 saturated carbocycles. The molecule has 1 unspecified atom stereocenters. The van der Waals surface area contributed by atoms with Gasteiger partial charge in [-0.3, -0.25) is 9.78 Å². The molecule has 1 fully saturated rings. The number of aliphatic hydroxyl groups is 1. The Bertz CT molecular complexity index is 1810. The average molecular weight is 560 g/mol. The fourth-order valence-corrected chi connectivity index (χ4v) is 6.88. The highest BCUT2D eigenvalue weighted by Crippen LogP contribution is 2.54. The van der Waals surface area contributed by atoms with E-state index in [1.165, 1.54) is 24.4 Å². The van der Waals surface area contributed by atoms with E-state index < -0.39 is 29.5 Å². The second kappa shape index (κ2) is 8.54. The fraction of sp³-hybridized carbons (Fsp3) is 0.333.